The van der Waals surface area contributed by atoms with E-state index in [-0.39, 0.29) is 17.0 Å². The zero-order chi connectivity index (χ0) is 24.5. The van der Waals surface area contributed by atoms with Gasteiger partial charge in [-0.05, 0) is 69.2 Å². The molecule has 178 valence electrons. The van der Waals surface area contributed by atoms with E-state index in [0.29, 0.717) is 10.9 Å². The van der Waals surface area contributed by atoms with Crippen LogP contribution in [0, 0.1) is 13.8 Å². The van der Waals surface area contributed by atoms with Crippen LogP contribution in [0.1, 0.15) is 71.2 Å². The molecular weight excluding hydrogens is 440 g/mol. The molecule has 7 nitrogen and oxygen atoms in total. The maximum Gasteiger partial charge on any atom is 0.335 e. The molecule has 0 saturated heterocycles. The summed E-state index contributed by atoms with van der Waals surface area (Å²) >= 11 is 0. The van der Waals surface area contributed by atoms with Crippen molar-refractivity contribution >= 4 is 23.1 Å². The Morgan fingerprint density at radius 1 is 1.06 bits per heavy atom. The lowest BCUT2D eigenvalue weighted by Crippen LogP contribution is -2.25. The topological polar surface area (TPSA) is 89.5 Å². The first-order valence-electron chi connectivity index (χ1n) is 12.0. The Bertz CT molecular complexity index is 1490. The number of aromatic nitrogens is 3. The van der Waals surface area contributed by atoms with Gasteiger partial charge in [0.25, 0.3) is 5.56 Å². The van der Waals surface area contributed by atoms with Crippen molar-refractivity contribution in [2.45, 2.75) is 51.9 Å². The fraction of sp³-hybridized carbons (Fsp3) is 0.286. The molecule has 7 heteroatoms. The number of hydrogen-bond acceptors (Lipinski definition) is 4. The van der Waals surface area contributed by atoms with Gasteiger partial charge in [0.15, 0.2) is 0 Å². The van der Waals surface area contributed by atoms with E-state index < -0.39 is 5.97 Å². The largest absolute Gasteiger partial charge is 0.478 e. The zero-order valence-corrected chi connectivity index (χ0v) is 19.9. The van der Waals surface area contributed by atoms with Crippen molar-refractivity contribution in [3.05, 3.63) is 93.3 Å². The Balaban J connectivity index is 1.57. The molecule has 2 aromatic carbocycles. The van der Waals surface area contributed by atoms with E-state index in [1.54, 1.807) is 36.5 Å². The minimum atomic E-state index is -0.950. The number of aryl methyl sites for hydroxylation is 1. The van der Waals surface area contributed by atoms with Gasteiger partial charge in [-0.3, -0.25) is 4.79 Å². The average Bonchev–Trinajstić information content (AvgIpc) is 3.16. The summed E-state index contributed by atoms with van der Waals surface area (Å²) in [5.74, 6) is 0.00892. The summed E-state index contributed by atoms with van der Waals surface area (Å²) in [5.41, 5.74) is 4.52. The third kappa shape index (κ3) is 4.30. The number of fused-ring (bicyclic) bond motifs is 1. The first-order valence-corrected chi connectivity index (χ1v) is 12.0. The van der Waals surface area contributed by atoms with Crippen molar-refractivity contribution in [1.29, 1.82) is 0 Å². The van der Waals surface area contributed by atoms with Crippen molar-refractivity contribution in [3.63, 3.8) is 0 Å². The molecule has 0 aliphatic heterocycles. The summed E-state index contributed by atoms with van der Waals surface area (Å²) in [5, 5.41) is 14.4. The number of hydrogen-bond donors (Lipinski definition) is 1. The molecular formula is C28H28N4O3. The molecule has 1 saturated carbocycles. The zero-order valence-electron chi connectivity index (χ0n) is 19.9. The van der Waals surface area contributed by atoms with Crippen LogP contribution in [0.3, 0.4) is 0 Å². The molecule has 2 aromatic heterocycles. The SMILES string of the molecule is Cc1cc(C=Nn2c(C3CCCCC3)nc3ccccc3c2=O)c(C)n1-c1ccc(C(=O)O)cc1. The van der Waals surface area contributed by atoms with Crippen molar-refractivity contribution in [1.82, 2.24) is 14.2 Å². The van der Waals surface area contributed by atoms with E-state index >= 15 is 0 Å². The fourth-order valence-corrected chi connectivity index (χ4v) is 5.07. The number of para-hydroxylation sites is 1. The Hall–Kier alpha value is -4.00. The van der Waals surface area contributed by atoms with Gasteiger partial charge in [0, 0.05) is 28.6 Å². The predicted molar refractivity (Wildman–Crippen MR) is 137 cm³/mol. The quantitative estimate of drug-likeness (QED) is 0.395. The van der Waals surface area contributed by atoms with Gasteiger partial charge >= 0.3 is 5.97 Å². The molecule has 35 heavy (non-hydrogen) atoms. The van der Waals surface area contributed by atoms with Gasteiger partial charge in [0.1, 0.15) is 5.82 Å². The number of rotatable bonds is 5. The second-order valence-electron chi connectivity index (χ2n) is 9.20. The molecule has 4 aromatic rings. The van der Waals surface area contributed by atoms with Crippen LogP contribution >= 0.6 is 0 Å². The molecule has 0 unspecified atom stereocenters. The Morgan fingerprint density at radius 3 is 2.49 bits per heavy atom. The number of aromatic carboxylic acids is 1. The molecule has 1 N–H and O–H groups in total. The number of benzene rings is 2. The third-order valence-electron chi connectivity index (χ3n) is 6.90. The second-order valence-corrected chi connectivity index (χ2v) is 9.20. The number of carboxylic acid groups (broad SMARTS) is 1. The minimum Gasteiger partial charge on any atom is -0.478 e. The number of nitrogens with zero attached hydrogens (tertiary/aromatic N) is 4. The molecule has 0 spiro atoms. The van der Waals surface area contributed by atoms with Crippen molar-refractivity contribution < 1.29 is 9.90 Å². The highest BCUT2D eigenvalue weighted by molar-refractivity contribution is 5.88. The lowest BCUT2D eigenvalue weighted by molar-refractivity contribution is 0.0697. The van der Waals surface area contributed by atoms with Gasteiger partial charge < -0.3 is 9.67 Å². The lowest BCUT2D eigenvalue weighted by Gasteiger charge is -2.22. The first-order chi connectivity index (χ1) is 16.9. The van der Waals surface area contributed by atoms with Gasteiger partial charge in [-0.2, -0.15) is 9.78 Å². The summed E-state index contributed by atoms with van der Waals surface area (Å²) in [6.07, 6.45) is 7.26. The number of carboxylic acids is 1. The van der Waals surface area contributed by atoms with Crippen LogP contribution in [0.4, 0.5) is 0 Å². The summed E-state index contributed by atoms with van der Waals surface area (Å²) in [4.78, 5) is 29.5. The molecule has 1 aliphatic rings. The molecule has 0 bridgehead atoms. The molecule has 1 aliphatic carbocycles. The van der Waals surface area contributed by atoms with Crippen molar-refractivity contribution in [2.75, 3.05) is 0 Å². The predicted octanol–water partition coefficient (Wildman–Crippen LogP) is 5.43. The standard InChI is InChI=1S/C28H28N4O3/c1-18-16-22(19(2)31(18)23-14-12-21(13-15-23)28(34)35)17-29-32-26(20-8-4-3-5-9-20)30-25-11-7-6-10-24(25)27(32)33/h6-7,10-17,20H,3-5,8-9H2,1-2H3,(H,34,35). The second kappa shape index (κ2) is 9.33. The lowest BCUT2D eigenvalue weighted by atomic mass is 9.88. The maximum absolute atomic E-state index is 13.4. The van der Waals surface area contributed by atoms with Gasteiger partial charge in [-0.15, -0.1) is 0 Å². The molecule has 2 heterocycles. The molecule has 5 rings (SSSR count). The maximum atomic E-state index is 13.4. The highest BCUT2D eigenvalue weighted by atomic mass is 16.4. The molecule has 0 atom stereocenters. The van der Waals surface area contributed by atoms with Crippen LogP contribution in [0.2, 0.25) is 0 Å². The highest BCUT2D eigenvalue weighted by Crippen LogP contribution is 2.31. The van der Waals surface area contributed by atoms with Crippen molar-refractivity contribution in [3.8, 4) is 5.69 Å². The summed E-state index contributed by atoms with van der Waals surface area (Å²) in [6, 6.07) is 16.3. The smallest absolute Gasteiger partial charge is 0.335 e. The fourth-order valence-electron chi connectivity index (χ4n) is 5.07. The van der Waals surface area contributed by atoms with E-state index in [1.165, 1.54) is 11.1 Å². The molecule has 0 radical (unpaired) electrons. The van der Waals surface area contributed by atoms with Crippen LogP contribution in [-0.4, -0.2) is 31.5 Å². The van der Waals surface area contributed by atoms with Crippen LogP contribution in [0.15, 0.2) is 64.5 Å². The highest BCUT2D eigenvalue weighted by Gasteiger charge is 2.22. The number of carbonyl (C=O) groups is 1. The Labute approximate surface area is 203 Å². The Kier molecular flexibility index (Phi) is 6.07. The van der Waals surface area contributed by atoms with E-state index in [1.807, 2.05) is 38.1 Å². The van der Waals surface area contributed by atoms with E-state index in [0.717, 1.165) is 54.1 Å². The van der Waals surface area contributed by atoms with Crippen LogP contribution in [-0.2, 0) is 0 Å². The summed E-state index contributed by atoms with van der Waals surface area (Å²) in [7, 11) is 0. The minimum absolute atomic E-state index is 0.148. The van der Waals surface area contributed by atoms with Crippen LogP contribution in [0.5, 0.6) is 0 Å². The monoisotopic (exact) mass is 468 g/mol. The van der Waals surface area contributed by atoms with Gasteiger partial charge in [0.2, 0.25) is 0 Å². The molecule has 0 amide bonds. The first kappa shape index (κ1) is 22.8. The van der Waals surface area contributed by atoms with Crippen LogP contribution in [0.25, 0.3) is 16.6 Å². The summed E-state index contributed by atoms with van der Waals surface area (Å²) in [6.45, 7) is 3.98. The third-order valence-corrected chi connectivity index (χ3v) is 6.90. The van der Waals surface area contributed by atoms with Gasteiger partial charge in [-0.1, -0.05) is 31.4 Å². The molecule has 1 fully saturated rings. The van der Waals surface area contributed by atoms with Gasteiger partial charge in [0.05, 0.1) is 22.7 Å². The van der Waals surface area contributed by atoms with E-state index in [2.05, 4.69) is 9.67 Å². The van der Waals surface area contributed by atoms with Gasteiger partial charge in [-0.25, -0.2) is 9.78 Å². The van der Waals surface area contributed by atoms with E-state index in [9.17, 15) is 14.7 Å². The Morgan fingerprint density at radius 2 is 1.77 bits per heavy atom. The van der Waals surface area contributed by atoms with Crippen molar-refractivity contribution in [2.24, 2.45) is 5.10 Å². The normalized spacial score (nSPS) is 14.7. The van der Waals surface area contributed by atoms with E-state index in [4.69, 9.17) is 4.98 Å². The average molecular weight is 469 g/mol. The van der Waals surface area contributed by atoms with Crippen LogP contribution < -0.4 is 5.56 Å². The summed E-state index contributed by atoms with van der Waals surface area (Å²) < 4.78 is 3.54.